The fraction of sp³-hybridized carbons (Fsp3) is 0.176. The molecule has 3 rings (SSSR count). The maximum Gasteiger partial charge on any atom is 0.246 e. The van der Waals surface area contributed by atoms with Crippen molar-refractivity contribution in [2.24, 2.45) is 0 Å². The summed E-state index contributed by atoms with van der Waals surface area (Å²) in [5.41, 5.74) is 3.27. The Hall–Kier alpha value is -2.80. The zero-order chi connectivity index (χ0) is 14.7. The number of benzene rings is 2. The molecule has 0 aromatic heterocycles. The summed E-state index contributed by atoms with van der Waals surface area (Å²) < 4.78 is 0. The SMILES string of the molecule is N#Cc1ccccc1NC1CCc2ccccc2NC1=O. The van der Waals surface area contributed by atoms with Crippen molar-refractivity contribution in [1.82, 2.24) is 0 Å². The van der Waals surface area contributed by atoms with E-state index in [0.717, 1.165) is 17.7 Å². The van der Waals surface area contributed by atoms with Gasteiger partial charge in [0, 0.05) is 5.69 Å². The topological polar surface area (TPSA) is 64.9 Å². The predicted octanol–water partition coefficient (Wildman–Crippen LogP) is 2.92. The summed E-state index contributed by atoms with van der Waals surface area (Å²) in [5.74, 6) is -0.0623. The number of nitrogens with one attached hydrogen (secondary N) is 2. The van der Waals surface area contributed by atoms with Crippen LogP contribution in [0.25, 0.3) is 0 Å². The number of carbonyl (C=O) groups excluding carboxylic acids is 1. The van der Waals surface area contributed by atoms with Crippen LogP contribution in [0.1, 0.15) is 17.5 Å². The zero-order valence-electron chi connectivity index (χ0n) is 11.5. The van der Waals surface area contributed by atoms with Crippen LogP contribution in [0, 0.1) is 11.3 Å². The van der Waals surface area contributed by atoms with E-state index in [9.17, 15) is 4.79 Å². The highest BCUT2D eigenvalue weighted by Gasteiger charge is 2.23. The highest BCUT2D eigenvalue weighted by Crippen LogP contribution is 2.24. The van der Waals surface area contributed by atoms with Gasteiger partial charge in [0.15, 0.2) is 0 Å². The monoisotopic (exact) mass is 277 g/mol. The van der Waals surface area contributed by atoms with E-state index in [1.54, 1.807) is 6.07 Å². The smallest absolute Gasteiger partial charge is 0.246 e. The zero-order valence-corrected chi connectivity index (χ0v) is 11.5. The van der Waals surface area contributed by atoms with Crippen LogP contribution in [0.3, 0.4) is 0 Å². The van der Waals surface area contributed by atoms with Crippen LogP contribution in [0.4, 0.5) is 11.4 Å². The molecular weight excluding hydrogens is 262 g/mol. The first-order valence-corrected chi connectivity index (χ1v) is 6.92. The third-order valence-electron chi connectivity index (χ3n) is 3.67. The molecule has 0 bridgehead atoms. The maximum atomic E-state index is 12.3. The van der Waals surface area contributed by atoms with Gasteiger partial charge in [-0.05, 0) is 36.6 Å². The first kappa shape index (κ1) is 13.2. The molecule has 0 radical (unpaired) electrons. The molecule has 104 valence electrons. The largest absolute Gasteiger partial charge is 0.373 e. The molecule has 1 amide bonds. The van der Waals surface area contributed by atoms with E-state index in [1.807, 2.05) is 42.5 Å². The van der Waals surface area contributed by atoms with Crippen molar-refractivity contribution < 1.29 is 4.79 Å². The lowest BCUT2D eigenvalue weighted by Gasteiger charge is -2.17. The van der Waals surface area contributed by atoms with Gasteiger partial charge in [0.1, 0.15) is 12.1 Å². The number of rotatable bonds is 2. The fourth-order valence-electron chi connectivity index (χ4n) is 2.54. The Kier molecular flexibility index (Phi) is 3.57. The minimum absolute atomic E-state index is 0.0623. The molecule has 0 fully saturated rings. The molecule has 4 heteroatoms. The number of hydrogen-bond acceptors (Lipinski definition) is 3. The van der Waals surface area contributed by atoms with Gasteiger partial charge in [0.25, 0.3) is 0 Å². The Morgan fingerprint density at radius 1 is 1.14 bits per heavy atom. The van der Waals surface area contributed by atoms with Crippen molar-refractivity contribution in [3.63, 3.8) is 0 Å². The van der Waals surface area contributed by atoms with E-state index in [0.29, 0.717) is 17.7 Å². The van der Waals surface area contributed by atoms with Crippen LogP contribution in [0.15, 0.2) is 48.5 Å². The standard InChI is InChI=1S/C17H15N3O/c18-11-13-6-2-4-8-15(13)19-16-10-9-12-5-1-3-7-14(12)20-17(16)21/h1-8,16,19H,9-10H2,(H,20,21). The number of hydrogen-bond donors (Lipinski definition) is 2. The third kappa shape index (κ3) is 2.72. The minimum atomic E-state index is -0.341. The number of carbonyl (C=O) groups is 1. The van der Waals surface area contributed by atoms with Crippen molar-refractivity contribution in [2.45, 2.75) is 18.9 Å². The molecule has 1 atom stereocenters. The average molecular weight is 277 g/mol. The van der Waals surface area contributed by atoms with Gasteiger partial charge in [-0.2, -0.15) is 5.26 Å². The maximum absolute atomic E-state index is 12.3. The summed E-state index contributed by atoms with van der Waals surface area (Å²) in [6.45, 7) is 0. The summed E-state index contributed by atoms with van der Waals surface area (Å²) in [6.07, 6.45) is 1.52. The summed E-state index contributed by atoms with van der Waals surface area (Å²) in [6, 6.07) is 16.9. The second-order valence-corrected chi connectivity index (χ2v) is 5.04. The summed E-state index contributed by atoms with van der Waals surface area (Å²) in [4.78, 5) is 12.3. The molecule has 0 saturated carbocycles. The predicted molar refractivity (Wildman–Crippen MR) is 82.0 cm³/mol. The number of aryl methyl sites for hydroxylation is 1. The first-order valence-electron chi connectivity index (χ1n) is 6.92. The van der Waals surface area contributed by atoms with Crippen LogP contribution in [-0.2, 0) is 11.2 Å². The van der Waals surface area contributed by atoms with E-state index < -0.39 is 0 Å². The lowest BCUT2D eigenvalue weighted by atomic mass is 10.1. The van der Waals surface area contributed by atoms with Crippen molar-refractivity contribution in [1.29, 1.82) is 5.26 Å². The van der Waals surface area contributed by atoms with Crippen molar-refractivity contribution in [2.75, 3.05) is 10.6 Å². The molecule has 1 heterocycles. The van der Waals surface area contributed by atoms with E-state index in [2.05, 4.69) is 16.7 Å². The van der Waals surface area contributed by atoms with Crippen molar-refractivity contribution in [3.05, 3.63) is 59.7 Å². The number of amides is 1. The van der Waals surface area contributed by atoms with Gasteiger partial charge >= 0.3 is 0 Å². The van der Waals surface area contributed by atoms with Crippen LogP contribution >= 0.6 is 0 Å². The van der Waals surface area contributed by atoms with E-state index in [4.69, 9.17) is 5.26 Å². The Morgan fingerprint density at radius 2 is 1.90 bits per heavy atom. The molecule has 2 aromatic rings. The Morgan fingerprint density at radius 3 is 2.76 bits per heavy atom. The van der Waals surface area contributed by atoms with Crippen molar-refractivity contribution in [3.8, 4) is 6.07 Å². The van der Waals surface area contributed by atoms with Crippen LogP contribution in [0.5, 0.6) is 0 Å². The Labute approximate surface area is 123 Å². The molecular formula is C17H15N3O. The molecule has 1 aliphatic rings. The number of nitrogens with zero attached hydrogens (tertiary/aromatic N) is 1. The van der Waals surface area contributed by atoms with Crippen LogP contribution < -0.4 is 10.6 Å². The highest BCUT2D eigenvalue weighted by molar-refractivity contribution is 5.98. The molecule has 21 heavy (non-hydrogen) atoms. The lowest BCUT2D eigenvalue weighted by molar-refractivity contribution is -0.116. The first-order chi connectivity index (χ1) is 10.3. The highest BCUT2D eigenvalue weighted by atomic mass is 16.2. The average Bonchev–Trinajstić information content (AvgIpc) is 2.67. The van der Waals surface area contributed by atoms with Gasteiger partial charge in [-0.3, -0.25) is 4.79 Å². The van der Waals surface area contributed by atoms with Gasteiger partial charge in [0.05, 0.1) is 11.3 Å². The van der Waals surface area contributed by atoms with Crippen LogP contribution in [0.2, 0.25) is 0 Å². The van der Waals surface area contributed by atoms with Crippen LogP contribution in [-0.4, -0.2) is 11.9 Å². The second kappa shape index (κ2) is 5.68. The second-order valence-electron chi connectivity index (χ2n) is 5.04. The Balaban J connectivity index is 1.82. The van der Waals surface area contributed by atoms with Gasteiger partial charge in [0.2, 0.25) is 5.91 Å². The number of para-hydroxylation sites is 2. The minimum Gasteiger partial charge on any atom is -0.373 e. The summed E-state index contributed by atoms with van der Waals surface area (Å²) in [7, 11) is 0. The third-order valence-corrected chi connectivity index (χ3v) is 3.67. The normalized spacial score (nSPS) is 17.1. The summed E-state index contributed by atoms with van der Waals surface area (Å²) >= 11 is 0. The number of fused-ring (bicyclic) bond motifs is 1. The molecule has 2 aromatic carbocycles. The number of nitriles is 1. The van der Waals surface area contributed by atoms with E-state index >= 15 is 0 Å². The fourth-order valence-corrected chi connectivity index (χ4v) is 2.54. The number of anilines is 2. The van der Waals surface area contributed by atoms with E-state index in [1.165, 1.54) is 0 Å². The van der Waals surface area contributed by atoms with Gasteiger partial charge < -0.3 is 10.6 Å². The van der Waals surface area contributed by atoms with Crippen molar-refractivity contribution >= 4 is 17.3 Å². The molecule has 1 unspecified atom stereocenters. The molecule has 0 spiro atoms. The molecule has 0 saturated heterocycles. The quantitative estimate of drug-likeness (QED) is 0.887. The van der Waals surface area contributed by atoms with Gasteiger partial charge in [-0.15, -0.1) is 0 Å². The van der Waals surface area contributed by atoms with E-state index in [-0.39, 0.29) is 11.9 Å². The van der Waals surface area contributed by atoms with Gasteiger partial charge in [-0.25, -0.2) is 0 Å². The molecule has 0 aliphatic carbocycles. The molecule has 2 N–H and O–H groups in total. The molecule has 1 aliphatic heterocycles. The summed E-state index contributed by atoms with van der Waals surface area (Å²) in [5, 5.41) is 15.3. The molecule has 4 nitrogen and oxygen atoms in total. The van der Waals surface area contributed by atoms with Gasteiger partial charge in [-0.1, -0.05) is 30.3 Å². The lowest BCUT2D eigenvalue weighted by Crippen LogP contribution is -2.33. The Bertz CT molecular complexity index is 718.